The van der Waals surface area contributed by atoms with Crippen molar-refractivity contribution >= 4 is 11.9 Å². The van der Waals surface area contributed by atoms with Gasteiger partial charge in [-0.25, -0.2) is 9.38 Å². The SMILES string of the molecule is NC(=NCc1ccc(F)cc1)/N=C(\N)N1CCCCC1. The van der Waals surface area contributed by atoms with Gasteiger partial charge in [-0.15, -0.1) is 0 Å². The number of aliphatic imine (C=N–C) groups is 2. The van der Waals surface area contributed by atoms with E-state index in [9.17, 15) is 4.39 Å². The average Bonchev–Trinajstić information content (AvgIpc) is 2.47. The number of halogens is 1. The minimum absolute atomic E-state index is 0.150. The summed E-state index contributed by atoms with van der Waals surface area (Å²) in [5.41, 5.74) is 12.5. The van der Waals surface area contributed by atoms with Gasteiger partial charge in [0.15, 0.2) is 5.96 Å². The molecule has 20 heavy (non-hydrogen) atoms. The third kappa shape index (κ3) is 4.22. The predicted octanol–water partition coefficient (Wildman–Crippen LogP) is 1.44. The molecule has 5 nitrogen and oxygen atoms in total. The number of benzene rings is 1. The molecule has 0 bridgehead atoms. The predicted molar refractivity (Wildman–Crippen MR) is 78.8 cm³/mol. The van der Waals surface area contributed by atoms with Crippen LogP contribution in [0.25, 0.3) is 0 Å². The first kappa shape index (κ1) is 14.3. The minimum atomic E-state index is -0.266. The van der Waals surface area contributed by atoms with Gasteiger partial charge >= 0.3 is 0 Å². The van der Waals surface area contributed by atoms with Gasteiger partial charge in [-0.1, -0.05) is 12.1 Å². The molecule has 6 heteroatoms. The summed E-state index contributed by atoms with van der Waals surface area (Å²) in [5.74, 6) is 0.306. The molecule has 1 aliphatic heterocycles. The zero-order valence-corrected chi connectivity index (χ0v) is 11.4. The molecule has 1 fully saturated rings. The quantitative estimate of drug-likeness (QED) is 0.634. The number of nitrogens with zero attached hydrogens (tertiary/aromatic N) is 3. The van der Waals surface area contributed by atoms with Crippen LogP contribution in [0.15, 0.2) is 34.3 Å². The van der Waals surface area contributed by atoms with E-state index in [1.54, 1.807) is 12.1 Å². The van der Waals surface area contributed by atoms with E-state index in [-0.39, 0.29) is 11.8 Å². The number of hydrogen-bond acceptors (Lipinski definition) is 1. The van der Waals surface area contributed by atoms with Crippen LogP contribution in [0, 0.1) is 5.82 Å². The lowest BCUT2D eigenvalue weighted by Crippen LogP contribution is -2.41. The lowest BCUT2D eigenvalue weighted by Gasteiger charge is -2.27. The van der Waals surface area contributed by atoms with E-state index in [1.165, 1.54) is 18.6 Å². The third-order valence-corrected chi connectivity index (χ3v) is 3.25. The summed E-state index contributed by atoms with van der Waals surface area (Å²) in [6.07, 6.45) is 3.49. The normalized spacial score (nSPS) is 17.4. The van der Waals surface area contributed by atoms with Crippen molar-refractivity contribution in [1.29, 1.82) is 0 Å². The van der Waals surface area contributed by atoms with Gasteiger partial charge in [-0.3, -0.25) is 0 Å². The Morgan fingerprint density at radius 3 is 2.40 bits per heavy atom. The summed E-state index contributed by atoms with van der Waals surface area (Å²) < 4.78 is 12.8. The summed E-state index contributed by atoms with van der Waals surface area (Å²) in [4.78, 5) is 10.3. The van der Waals surface area contributed by atoms with Gasteiger partial charge in [0.1, 0.15) is 5.82 Å². The van der Waals surface area contributed by atoms with E-state index in [0.717, 1.165) is 31.5 Å². The maximum absolute atomic E-state index is 12.8. The Morgan fingerprint density at radius 1 is 1.10 bits per heavy atom. The molecule has 108 valence electrons. The molecule has 0 aromatic heterocycles. The fourth-order valence-electron chi connectivity index (χ4n) is 2.11. The van der Waals surface area contributed by atoms with Gasteiger partial charge in [0, 0.05) is 13.1 Å². The molecule has 0 aliphatic carbocycles. The van der Waals surface area contributed by atoms with Crippen molar-refractivity contribution in [3.63, 3.8) is 0 Å². The first-order valence-electron chi connectivity index (χ1n) is 6.78. The Hall–Kier alpha value is -2.11. The molecule has 2 rings (SSSR count). The highest BCUT2D eigenvalue weighted by Gasteiger charge is 2.12. The van der Waals surface area contributed by atoms with Crippen LogP contribution in [0.5, 0.6) is 0 Å². The lowest BCUT2D eigenvalue weighted by atomic mass is 10.1. The summed E-state index contributed by atoms with van der Waals surface area (Å²) in [6, 6.07) is 6.13. The third-order valence-electron chi connectivity index (χ3n) is 3.25. The Labute approximate surface area is 118 Å². The van der Waals surface area contributed by atoms with Crippen LogP contribution in [0.1, 0.15) is 24.8 Å². The topological polar surface area (TPSA) is 80.0 Å². The van der Waals surface area contributed by atoms with Crippen LogP contribution in [-0.2, 0) is 6.54 Å². The number of hydrogen-bond donors (Lipinski definition) is 2. The van der Waals surface area contributed by atoms with Gasteiger partial charge < -0.3 is 16.4 Å². The lowest BCUT2D eigenvalue weighted by molar-refractivity contribution is 0.339. The van der Waals surface area contributed by atoms with Crippen LogP contribution in [-0.4, -0.2) is 29.9 Å². The second-order valence-electron chi connectivity index (χ2n) is 4.82. The number of piperidine rings is 1. The molecule has 1 aliphatic rings. The van der Waals surface area contributed by atoms with Crippen molar-refractivity contribution in [1.82, 2.24) is 4.90 Å². The molecule has 1 saturated heterocycles. The molecule has 0 spiro atoms. The van der Waals surface area contributed by atoms with Gasteiger partial charge in [0.05, 0.1) is 6.54 Å². The van der Waals surface area contributed by atoms with Crippen molar-refractivity contribution in [3.05, 3.63) is 35.6 Å². The highest BCUT2D eigenvalue weighted by Crippen LogP contribution is 2.08. The second-order valence-corrected chi connectivity index (χ2v) is 4.82. The molecule has 1 aromatic rings. The summed E-state index contributed by atoms with van der Waals surface area (Å²) in [7, 11) is 0. The Morgan fingerprint density at radius 2 is 1.75 bits per heavy atom. The van der Waals surface area contributed by atoms with Crippen LogP contribution >= 0.6 is 0 Å². The summed E-state index contributed by atoms with van der Waals surface area (Å²) >= 11 is 0. The second kappa shape index (κ2) is 6.88. The van der Waals surface area contributed by atoms with E-state index in [2.05, 4.69) is 9.98 Å². The van der Waals surface area contributed by atoms with Gasteiger partial charge in [0.25, 0.3) is 0 Å². The number of guanidine groups is 2. The number of nitrogens with two attached hydrogens (primary N) is 2. The minimum Gasteiger partial charge on any atom is -0.369 e. The van der Waals surface area contributed by atoms with Crippen molar-refractivity contribution in [2.75, 3.05) is 13.1 Å². The van der Waals surface area contributed by atoms with Gasteiger partial charge in [-0.2, -0.15) is 4.99 Å². The molecule has 1 heterocycles. The molecule has 0 atom stereocenters. The number of rotatable bonds is 2. The fourth-order valence-corrected chi connectivity index (χ4v) is 2.11. The molecule has 0 radical (unpaired) electrons. The van der Waals surface area contributed by atoms with E-state index in [1.807, 2.05) is 4.90 Å². The van der Waals surface area contributed by atoms with Gasteiger partial charge in [0.2, 0.25) is 5.96 Å². The molecule has 0 amide bonds. The average molecular weight is 277 g/mol. The van der Waals surface area contributed by atoms with Crippen molar-refractivity contribution in [2.24, 2.45) is 21.5 Å². The zero-order valence-electron chi connectivity index (χ0n) is 11.4. The molecule has 4 N–H and O–H groups in total. The van der Waals surface area contributed by atoms with E-state index in [0.29, 0.717) is 12.5 Å². The first-order valence-corrected chi connectivity index (χ1v) is 6.78. The van der Waals surface area contributed by atoms with Crippen molar-refractivity contribution < 1.29 is 4.39 Å². The Kier molecular flexibility index (Phi) is 4.92. The summed E-state index contributed by atoms with van der Waals surface area (Å²) in [5, 5.41) is 0. The monoisotopic (exact) mass is 277 g/mol. The van der Waals surface area contributed by atoms with Crippen LogP contribution in [0.2, 0.25) is 0 Å². The van der Waals surface area contributed by atoms with Crippen LogP contribution in [0.4, 0.5) is 4.39 Å². The van der Waals surface area contributed by atoms with Crippen molar-refractivity contribution in [3.8, 4) is 0 Å². The van der Waals surface area contributed by atoms with Gasteiger partial charge in [-0.05, 0) is 37.0 Å². The van der Waals surface area contributed by atoms with Crippen LogP contribution < -0.4 is 11.5 Å². The summed E-state index contributed by atoms with van der Waals surface area (Å²) in [6.45, 7) is 2.20. The standard InChI is InChI=1S/C14H20FN5/c15-12-6-4-11(5-7-12)10-18-13(16)19-14(17)20-8-2-1-3-9-20/h4-7H,1-3,8-10H2,(H4,16,17,18,19). The van der Waals surface area contributed by atoms with E-state index >= 15 is 0 Å². The smallest absolute Gasteiger partial charge is 0.218 e. The highest BCUT2D eigenvalue weighted by atomic mass is 19.1. The van der Waals surface area contributed by atoms with Crippen molar-refractivity contribution in [2.45, 2.75) is 25.8 Å². The molecular weight excluding hydrogens is 257 g/mol. The van der Waals surface area contributed by atoms with E-state index < -0.39 is 0 Å². The fraction of sp³-hybridized carbons (Fsp3) is 0.429. The molecule has 0 unspecified atom stereocenters. The number of likely N-dealkylation sites (tertiary alicyclic amines) is 1. The molecule has 0 saturated carbocycles. The van der Waals surface area contributed by atoms with E-state index in [4.69, 9.17) is 11.5 Å². The maximum Gasteiger partial charge on any atom is 0.218 e. The molecule has 1 aromatic carbocycles. The molecular formula is C14H20FN5. The largest absolute Gasteiger partial charge is 0.369 e. The highest BCUT2D eigenvalue weighted by molar-refractivity contribution is 5.93. The Bertz CT molecular complexity index is 489. The Balaban J connectivity index is 1.93. The first-order chi connectivity index (χ1) is 9.65. The van der Waals surface area contributed by atoms with Crippen LogP contribution in [0.3, 0.4) is 0 Å². The zero-order chi connectivity index (χ0) is 14.4. The maximum atomic E-state index is 12.8.